The third-order valence-corrected chi connectivity index (χ3v) is 2.01. The highest BCUT2D eigenvalue weighted by atomic mass is 16.5. The first-order chi connectivity index (χ1) is 7.10. The van der Waals surface area contributed by atoms with E-state index in [9.17, 15) is 9.59 Å². The first kappa shape index (κ1) is 11.2. The van der Waals surface area contributed by atoms with Gasteiger partial charge in [0, 0.05) is 6.20 Å². The zero-order valence-corrected chi connectivity index (χ0v) is 8.51. The van der Waals surface area contributed by atoms with Crippen molar-refractivity contribution < 1.29 is 19.4 Å². The molecule has 0 fully saturated rings. The Kier molecular flexibility index (Phi) is 3.43. The highest BCUT2D eigenvalue weighted by molar-refractivity contribution is 5.88. The van der Waals surface area contributed by atoms with Gasteiger partial charge in [0.2, 0.25) is 0 Å². The molecule has 6 nitrogen and oxygen atoms in total. The molecule has 0 bridgehead atoms. The fourth-order valence-electron chi connectivity index (χ4n) is 1.21. The lowest BCUT2D eigenvalue weighted by atomic mass is 10.2. The summed E-state index contributed by atoms with van der Waals surface area (Å²) in [5.74, 6) is -1.50. The lowest BCUT2D eigenvalue weighted by molar-refractivity contribution is -0.141. The van der Waals surface area contributed by atoms with E-state index in [-0.39, 0.29) is 5.56 Å². The average molecular weight is 212 g/mol. The summed E-state index contributed by atoms with van der Waals surface area (Å²) < 4.78 is 5.73. The summed E-state index contributed by atoms with van der Waals surface area (Å²) in [6.07, 6.45) is 3.06. The van der Waals surface area contributed by atoms with Gasteiger partial charge in [0.1, 0.15) is 6.04 Å². The molecule has 1 aromatic heterocycles. The number of ether oxygens (including phenoxy) is 1. The van der Waals surface area contributed by atoms with Crippen LogP contribution in [0.4, 0.5) is 0 Å². The maximum Gasteiger partial charge on any atom is 0.341 e. The molecule has 0 radical (unpaired) electrons. The zero-order chi connectivity index (χ0) is 11.4. The van der Waals surface area contributed by atoms with Crippen molar-refractivity contribution in [2.24, 2.45) is 0 Å². The third-order valence-electron chi connectivity index (χ3n) is 2.01. The quantitative estimate of drug-likeness (QED) is 0.743. The Bertz CT molecular complexity index is 372. The van der Waals surface area contributed by atoms with Crippen LogP contribution in [0.5, 0.6) is 0 Å². The van der Waals surface area contributed by atoms with Gasteiger partial charge in [-0.25, -0.2) is 9.59 Å². The number of carboxylic acids is 1. The SMILES string of the molecule is CCC(C(=O)O)n1cc(C(=O)OC)cn1. The van der Waals surface area contributed by atoms with Gasteiger partial charge in [-0.2, -0.15) is 5.10 Å². The Hall–Kier alpha value is -1.85. The zero-order valence-electron chi connectivity index (χ0n) is 8.51. The van der Waals surface area contributed by atoms with Crippen LogP contribution in [-0.2, 0) is 9.53 Å². The second kappa shape index (κ2) is 4.59. The number of hydrogen-bond donors (Lipinski definition) is 1. The van der Waals surface area contributed by atoms with Crippen molar-refractivity contribution in [2.75, 3.05) is 7.11 Å². The van der Waals surface area contributed by atoms with Crippen LogP contribution in [0.25, 0.3) is 0 Å². The van der Waals surface area contributed by atoms with Gasteiger partial charge in [0.05, 0.1) is 18.9 Å². The van der Waals surface area contributed by atoms with E-state index >= 15 is 0 Å². The lowest BCUT2D eigenvalue weighted by Gasteiger charge is -2.08. The number of methoxy groups -OCH3 is 1. The molecule has 0 saturated carbocycles. The topological polar surface area (TPSA) is 81.4 Å². The van der Waals surface area contributed by atoms with Crippen LogP contribution < -0.4 is 0 Å². The van der Waals surface area contributed by atoms with E-state index in [1.807, 2.05) is 0 Å². The van der Waals surface area contributed by atoms with E-state index in [0.717, 1.165) is 0 Å². The molecule has 0 amide bonds. The van der Waals surface area contributed by atoms with E-state index in [1.54, 1.807) is 6.92 Å². The Morgan fingerprint density at radius 3 is 2.80 bits per heavy atom. The first-order valence-electron chi connectivity index (χ1n) is 4.45. The van der Waals surface area contributed by atoms with Crippen molar-refractivity contribution in [1.29, 1.82) is 0 Å². The van der Waals surface area contributed by atoms with Crippen molar-refractivity contribution in [3.05, 3.63) is 18.0 Å². The predicted octanol–water partition coefficient (Wildman–Crippen LogP) is 0.705. The van der Waals surface area contributed by atoms with Crippen LogP contribution >= 0.6 is 0 Å². The van der Waals surface area contributed by atoms with Crippen LogP contribution in [0, 0.1) is 0 Å². The molecular formula is C9H12N2O4. The van der Waals surface area contributed by atoms with Crippen LogP contribution in [0.3, 0.4) is 0 Å². The third kappa shape index (κ3) is 2.34. The van der Waals surface area contributed by atoms with Gasteiger partial charge in [-0.1, -0.05) is 6.92 Å². The molecule has 1 N–H and O–H groups in total. The molecule has 15 heavy (non-hydrogen) atoms. The van der Waals surface area contributed by atoms with Crippen LogP contribution in [-0.4, -0.2) is 33.9 Å². The fourth-order valence-corrected chi connectivity index (χ4v) is 1.21. The molecule has 0 saturated heterocycles. The van der Waals surface area contributed by atoms with E-state index in [0.29, 0.717) is 6.42 Å². The van der Waals surface area contributed by atoms with Crippen LogP contribution in [0.2, 0.25) is 0 Å². The van der Waals surface area contributed by atoms with Crippen LogP contribution in [0.1, 0.15) is 29.7 Å². The fraction of sp³-hybridized carbons (Fsp3) is 0.444. The van der Waals surface area contributed by atoms with E-state index in [1.165, 1.54) is 24.2 Å². The number of carboxylic acid groups (broad SMARTS) is 1. The number of nitrogens with zero attached hydrogens (tertiary/aromatic N) is 2. The molecule has 0 aliphatic rings. The second-order valence-electron chi connectivity index (χ2n) is 2.96. The van der Waals surface area contributed by atoms with Gasteiger partial charge < -0.3 is 9.84 Å². The van der Waals surface area contributed by atoms with Gasteiger partial charge in [0.25, 0.3) is 0 Å². The molecule has 6 heteroatoms. The Labute approximate surface area is 86.5 Å². The van der Waals surface area contributed by atoms with Crippen molar-refractivity contribution in [3.63, 3.8) is 0 Å². The number of aliphatic carboxylic acids is 1. The Balaban J connectivity index is 2.92. The maximum absolute atomic E-state index is 11.1. The van der Waals surface area contributed by atoms with Gasteiger partial charge >= 0.3 is 11.9 Å². The molecule has 82 valence electrons. The summed E-state index contributed by atoms with van der Waals surface area (Å²) in [5, 5.41) is 12.7. The highest BCUT2D eigenvalue weighted by Gasteiger charge is 2.19. The maximum atomic E-state index is 11.1. The number of esters is 1. The largest absolute Gasteiger partial charge is 0.480 e. The minimum Gasteiger partial charge on any atom is -0.480 e. The standard InChI is InChI=1S/C9H12N2O4/c1-3-7(8(12)13)11-5-6(4-10-11)9(14)15-2/h4-5,7H,3H2,1-2H3,(H,12,13). The first-order valence-corrected chi connectivity index (χ1v) is 4.45. The summed E-state index contributed by atoms with van der Waals surface area (Å²) in [5.41, 5.74) is 0.247. The second-order valence-corrected chi connectivity index (χ2v) is 2.96. The van der Waals surface area contributed by atoms with Crippen LogP contribution in [0.15, 0.2) is 12.4 Å². The molecule has 0 aromatic carbocycles. The predicted molar refractivity (Wildman–Crippen MR) is 50.5 cm³/mol. The highest BCUT2D eigenvalue weighted by Crippen LogP contribution is 2.11. The minimum absolute atomic E-state index is 0.247. The van der Waals surface area contributed by atoms with E-state index < -0.39 is 18.0 Å². The molecule has 1 rings (SSSR count). The normalized spacial score (nSPS) is 12.1. The van der Waals surface area contributed by atoms with Crippen molar-refractivity contribution in [3.8, 4) is 0 Å². The average Bonchev–Trinajstić information content (AvgIpc) is 2.66. The number of aromatic nitrogens is 2. The van der Waals surface area contributed by atoms with Gasteiger partial charge in [-0.05, 0) is 6.42 Å². The summed E-state index contributed by atoms with van der Waals surface area (Å²) >= 11 is 0. The molecule has 1 unspecified atom stereocenters. The monoisotopic (exact) mass is 212 g/mol. The van der Waals surface area contributed by atoms with E-state index in [2.05, 4.69) is 9.84 Å². The molecule has 1 aromatic rings. The van der Waals surface area contributed by atoms with Crippen molar-refractivity contribution >= 4 is 11.9 Å². The smallest absolute Gasteiger partial charge is 0.341 e. The van der Waals surface area contributed by atoms with Gasteiger partial charge in [-0.3, -0.25) is 4.68 Å². The molecule has 0 spiro atoms. The Morgan fingerprint density at radius 2 is 2.33 bits per heavy atom. The molecule has 1 heterocycles. The minimum atomic E-state index is -0.975. The van der Waals surface area contributed by atoms with Crippen molar-refractivity contribution in [1.82, 2.24) is 9.78 Å². The van der Waals surface area contributed by atoms with Gasteiger partial charge in [-0.15, -0.1) is 0 Å². The van der Waals surface area contributed by atoms with E-state index in [4.69, 9.17) is 5.11 Å². The Morgan fingerprint density at radius 1 is 1.67 bits per heavy atom. The number of hydrogen-bond acceptors (Lipinski definition) is 4. The summed E-state index contributed by atoms with van der Waals surface area (Å²) in [4.78, 5) is 21.9. The molecular weight excluding hydrogens is 200 g/mol. The lowest BCUT2D eigenvalue weighted by Crippen LogP contribution is -2.18. The number of carbonyl (C=O) groups excluding carboxylic acids is 1. The summed E-state index contributed by atoms with van der Waals surface area (Å²) in [6, 6.07) is -0.747. The molecule has 0 aliphatic carbocycles. The number of carbonyl (C=O) groups is 2. The van der Waals surface area contributed by atoms with Gasteiger partial charge in [0.15, 0.2) is 0 Å². The number of rotatable bonds is 4. The summed E-state index contributed by atoms with van der Waals surface area (Å²) in [7, 11) is 1.26. The van der Waals surface area contributed by atoms with Crippen molar-refractivity contribution in [2.45, 2.75) is 19.4 Å². The molecule has 0 aliphatic heterocycles. The molecule has 1 atom stereocenters. The summed E-state index contributed by atoms with van der Waals surface area (Å²) in [6.45, 7) is 1.73.